The number of fused-ring (bicyclic) bond motifs is 1. The van der Waals surface area contributed by atoms with Crippen LogP contribution in [-0.4, -0.2) is 30.2 Å². The Labute approximate surface area is 94.9 Å². The molecule has 0 spiro atoms. The molecule has 1 unspecified atom stereocenters. The van der Waals surface area contributed by atoms with Gasteiger partial charge >= 0.3 is 0 Å². The Kier molecular flexibility index (Phi) is 2.83. The maximum absolute atomic E-state index is 11.5. The monoisotopic (exact) mass is 220 g/mol. The predicted octanol–water partition coefficient (Wildman–Crippen LogP) is 1.13. The Balaban J connectivity index is 2.41. The summed E-state index contributed by atoms with van der Waals surface area (Å²) in [5.41, 5.74) is 2.92. The van der Waals surface area contributed by atoms with Gasteiger partial charge < -0.3 is 15.3 Å². The van der Waals surface area contributed by atoms with E-state index in [1.54, 1.807) is 0 Å². The number of nitrogens with zero attached hydrogens (tertiary/aromatic N) is 1. The molecule has 0 aromatic heterocycles. The van der Waals surface area contributed by atoms with Gasteiger partial charge in [0, 0.05) is 6.04 Å². The Morgan fingerprint density at radius 3 is 3.00 bits per heavy atom. The Morgan fingerprint density at radius 2 is 2.31 bits per heavy atom. The van der Waals surface area contributed by atoms with E-state index in [-0.39, 0.29) is 18.6 Å². The first-order valence-electron chi connectivity index (χ1n) is 5.40. The normalized spacial score (nSPS) is 16.7. The van der Waals surface area contributed by atoms with Crippen molar-refractivity contribution in [1.29, 1.82) is 0 Å². The lowest BCUT2D eigenvalue weighted by Gasteiger charge is -2.35. The fourth-order valence-electron chi connectivity index (χ4n) is 1.92. The van der Waals surface area contributed by atoms with Crippen molar-refractivity contribution in [2.75, 3.05) is 23.4 Å². The molecule has 86 valence electrons. The standard InChI is InChI=1S/C12H16N2O2/c1-8-3-4-11-10(5-8)13-12(16)6-14(11)9(2)7-15/h3-5,9,15H,6-7H2,1-2H3,(H,13,16). The average molecular weight is 220 g/mol. The Hall–Kier alpha value is -1.55. The summed E-state index contributed by atoms with van der Waals surface area (Å²) in [5.74, 6) is -0.0293. The Morgan fingerprint density at radius 1 is 1.56 bits per heavy atom. The molecule has 0 bridgehead atoms. The lowest BCUT2D eigenvalue weighted by Crippen LogP contribution is -2.44. The lowest BCUT2D eigenvalue weighted by molar-refractivity contribution is -0.115. The number of hydrogen-bond donors (Lipinski definition) is 2. The summed E-state index contributed by atoms with van der Waals surface area (Å²) in [6.45, 7) is 4.24. The summed E-state index contributed by atoms with van der Waals surface area (Å²) in [4.78, 5) is 13.5. The van der Waals surface area contributed by atoms with Crippen LogP contribution >= 0.6 is 0 Å². The highest BCUT2D eigenvalue weighted by atomic mass is 16.3. The van der Waals surface area contributed by atoms with E-state index in [1.807, 2.05) is 36.9 Å². The van der Waals surface area contributed by atoms with Crippen molar-refractivity contribution >= 4 is 17.3 Å². The van der Waals surface area contributed by atoms with Gasteiger partial charge in [-0.2, -0.15) is 0 Å². The molecule has 1 aliphatic heterocycles. The van der Waals surface area contributed by atoms with E-state index < -0.39 is 0 Å². The zero-order valence-corrected chi connectivity index (χ0v) is 9.53. The molecule has 2 N–H and O–H groups in total. The van der Waals surface area contributed by atoms with E-state index >= 15 is 0 Å². The van der Waals surface area contributed by atoms with Crippen molar-refractivity contribution in [2.24, 2.45) is 0 Å². The fraction of sp³-hybridized carbons (Fsp3) is 0.417. The molecule has 0 radical (unpaired) electrons. The van der Waals surface area contributed by atoms with E-state index in [2.05, 4.69) is 5.32 Å². The van der Waals surface area contributed by atoms with Crippen LogP contribution < -0.4 is 10.2 Å². The molecule has 0 aliphatic carbocycles. The minimum absolute atomic E-state index is 0.0293. The van der Waals surface area contributed by atoms with E-state index in [0.717, 1.165) is 16.9 Å². The molecular formula is C12H16N2O2. The largest absolute Gasteiger partial charge is 0.394 e. The molecule has 0 saturated carbocycles. The molecule has 0 fully saturated rings. The maximum atomic E-state index is 11.5. The minimum Gasteiger partial charge on any atom is -0.394 e. The molecule has 1 aliphatic rings. The number of rotatable bonds is 2. The van der Waals surface area contributed by atoms with Crippen molar-refractivity contribution in [2.45, 2.75) is 19.9 Å². The van der Waals surface area contributed by atoms with Crippen molar-refractivity contribution in [3.63, 3.8) is 0 Å². The van der Waals surface area contributed by atoms with Gasteiger partial charge in [0.05, 0.1) is 24.5 Å². The van der Waals surface area contributed by atoms with E-state index in [1.165, 1.54) is 0 Å². The summed E-state index contributed by atoms with van der Waals surface area (Å²) < 4.78 is 0. The lowest BCUT2D eigenvalue weighted by atomic mass is 10.1. The van der Waals surface area contributed by atoms with Crippen LogP contribution in [0.25, 0.3) is 0 Å². The summed E-state index contributed by atoms with van der Waals surface area (Å²) in [7, 11) is 0. The van der Waals surface area contributed by atoms with Gasteiger partial charge in [-0.1, -0.05) is 6.07 Å². The molecule has 2 rings (SSSR count). The quantitative estimate of drug-likeness (QED) is 0.785. The highest BCUT2D eigenvalue weighted by Crippen LogP contribution is 2.31. The zero-order chi connectivity index (χ0) is 11.7. The van der Waals surface area contributed by atoms with Gasteiger partial charge in [-0.05, 0) is 31.5 Å². The first-order chi connectivity index (χ1) is 7.61. The topological polar surface area (TPSA) is 52.6 Å². The van der Waals surface area contributed by atoms with Crippen LogP contribution in [0.1, 0.15) is 12.5 Å². The van der Waals surface area contributed by atoms with Crippen molar-refractivity contribution in [3.05, 3.63) is 23.8 Å². The summed E-state index contributed by atoms with van der Waals surface area (Å²) in [6.07, 6.45) is 0. The number of nitrogens with one attached hydrogen (secondary N) is 1. The van der Waals surface area contributed by atoms with Crippen LogP contribution in [-0.2, 0) is 4.79 Å². The SMILES string of the molecule is Cc1ccc2c(c1)NC(=O)CN2C(C)CO. The molecule has 1 amide bonds. The second kappa shape index (κ2) is 4.14. The summed E-state index contributed by atoms with van der Waals surface area (Å²) >= 11 is 0. The van der Waals surface area contributed by atoms with Crippen LogP contribution in [0.4, 0.5) is 11.4 Å². The average Bonchev–Trinajstić information content (AvgIpc) is 2.26. The number of benzene rings is 1. The zero-order valence-electron chi connectivity index (χ0n) is 9.53. The van der Waals surface area contributed by atoms with Gasteiger partial charge in [0.25, 0.3) is 0 Å². The number of amides is 1. The molecule has 4 nitrogen and oxygen atoms in total. The third kappa shape index (κ3) is 1.88. The van der Waals surface area contributed by atoms with Gasteiger partial charge in [0.1, 0.15) is 0 Å². The molecule has 0 saturated heterocycles. The second-order valence-electron chi connectivity index (χ2n) is 4.23. The number of hydrogen-bond acceptors (Lipinski definition) is 3. The number of carbonyl (C=O) groups excluding carboxylic acids is 1. The first kappa shape index (κ1) is 11.0. The van der Waals surface area contributed by atoms with Gasteiger partial charge in [-0.15, -0.1) is 0 Å². The molecule has 4 heteroatoms. The second-order valence-corrected chi connectivity index (χ2v) is 4.23. The van der Waals surface area contributed by atoms with Crippen molar-refractivity contribution < 1.29 is 9.90 Å². The van der Waals surface area contributed by atoms with E-state index in [4.69, 9.17) is 0 Å². The number of aliphatic hydroxyl groups excluding tert-OH is 1. The number of aliphatic hydroxyl groups is 1. The van der Waals surface area contributed by atoms with Gasteiger partial charge in [-0.3, -0.25) is 4.79 Å². The molecular weight excluding hydrogens is 204 g/mol. The van der Waals surface area contributed by atoms with Crippen LogP contribution in [0.5, 0.6) is 0 Å². The van der Waals surface area contributed by atoms with Crippen molar-refractivity contribution in [1.82, 2.24) is 0 Å². The first-order valence-corrected chi connectivity index (χ1v) is 5.40. The number of anilines is 2. The molecule has 16 heavy (non-hydrogen) atoms. The van der Waals surface area contributed by atoms with E-state index in [9.17, 15) is 9.90 Å². The highest BCUT2D eigenvalue weighted by Gasteiger charge is 2.25. The third-order valence-corrected chi connectivity index (χ3v) is 2.85. The maximum Gasteiger partial charge on any atom is 0.243 e. The van der Waals surface area contributed by atoms with E-state index in [0.29, 0.717) is 6.54 Å². The Bertz CT molecular complexity index is 417. The smallest absolute Gasteiger partial charge is 0.243 e. The number of carbonyl (C=O) groups is 1. The third-order valence-electron chi connectivity index (χ3n) is 2.85. The minimum atomic E-state index is -0.0486. The fourth-order valence-corrected chi connectivity index (χ4v) is 1.92. The van der Waals surface area contributed by atoms with Crippen LogP contribution in [0.2, 0.25) is 0 Å². The van der Waals surface area contributed by atoms with Gasteiger partial charge in [-0.25, -0.2) is 0 Å². The van der Waals surface area contributed by atoms with Crippen molar-refractivity contribution in [3.8, 4) is 0 Å². The summed E-state index contributed by atoms with van der Waals surface area (Å²) in [6, 6.07) is 5.89. The number of aryl methyl sites for hydroxylation is 1. The van der Waals surface area contributed by atoms with Crippen LogP contribution in [0.3, 0.4) is 0 Å². The van der Waals surface area contributed by atoms with Crippen LogP contribution in [0, 0.1) is 6.92 Å². The van der Waals surface area contributed by atoms with Crippen LogP contribution in [0.15, 0.2) is 18.2 Å². The van der Waals surface area contributed by atoms with Gasteiger partial charge in [0.2, 0.25) is 5.91 Å². The molecule has 1 atom stereocenters. The highest BCUT2D eigenvalue weighted by molar-refractivity contribution is 6.01. The molecule has 1 aromatic carbocycles. The van der Waals surface area contributed by atoms with Gasteiger partial charge in [0.15, 0.2) is 0 Å². The molecule has 1 heterocycles. The predicted molar refractivity (Wildman–Crippen MR) is 63.7 cm³/mol. The molecule has 1 aromatic rings. The summed E-state index contributed by atoms with van der Waals surface area (Å²) in [5, 5.41) is 12.0.